The van der Waals surface area contributed by atoms with Crippen molar-refractivity contribution in [3.05, 3.63) is 28.7 Å². The Balaban J connectivity index is 3.24. The Bertz CT molecular complexity index is 490. The molecule has 1 aromatic rings. The summed E-state index contributed by atoms with van der Waals surface area (Å²) in [5, 5.41) is 0. The van der Waals surface area contributed by atoms with Gasteiger partial charge < -0.3 is 0 Å². The lowest BCUT2D eigenvalue weighted by Crippen LogP contribution is -2.30. The molecule has 0 aliphatic rings. The van der Waals surface area contributed by atoms with Gasteiger partial charge in [0.2, 0.25) is 10.0 Å². The maximum absolute atomic E-state index is 11.5. The van der Waals surface area contributed by atoms with E-state index in [1.54, 1.807) is 18.2 Å². The molecule has 0 fully saturated rings. The van der Waals surface area contributed by atoms with Crippen LogP contribution < -0.4 is 4.31 Å². The van der Waals surface area contributed by atoms with Crippen LogP contribution in [0, 0.1) is 12.3 Å². The fourth-order valence-electron chi connectivity index (χ4n) is 1.12. The predicted octanol–water partition coefficient (Wildman–Crippen LogP) is 1.85. The normalized spacial score (nSPS) is 10.7. The van der Waals surface area contributed by atoms with E-state index in [0.29, 0.717) is 10.2 Å². The zero-order valence-electron chi connectivity index (χ0n) is 8.14. The lowest BCUT2D eigenvalue weighted by molar-refractivity contribution is 0.599. The number of para-hydroxylation sites is 1. The molecule has 0 heterocycles. The molecule has 0 aromatic heterocycles. The molecule has 0 aliphatic heterocycles. The Hall–Kier alpha value is -0.990. The van der Waals surface area contributed by atoms with E-state index < -0.39 is 10.0 Å². The second-order valence-electron chi connectivity index (χ2n) is 2.93. The first-order valence-electron chi connectivity index (χ1n) is 4.12. The predicted molar refractivity (Wildman–Crippen MR) is 65.2 cm³/mol. The van der Waals surface area contributed by atoms with Crippen LogP contribution in [0.1, 0.15) is 0 Å². The minimum Gasteiger partial charge on any atom is -0.257 e. The Labute approximate surface area is 98.3 Å². The monoisotopic (exact) mass is 287 g/mol. The van der Waals surface area contributed by atoms with E-state index in [9.17, 15) is 8.42 Å². The van der Waals surface area contributed by atoms with Crippen molar-refractivity contribution in [1.82, 2.24) is 0 Å². The van der Waals surface area contributed by atoms with Gasteiger partial charge in [-0.2, -0.15) is 0 Å². The maximum atomic E-state index is 11.5. The molecule has 0 amide bonds. The number of terminal acetylenes is 1. The molecule has 3 nitrogen and oxygen atoms in total. The van der Waals surface area contributed by atoms with Gasteiger partial charge >= 0.3 is 0 Å². The fraction of sp³-hybridized carbons (Fsp3) is 0.200. The van der Waals surface area contributed by atoms with E-state index in [1.165, 1.54) is 4.31 Å². The molecule has 0 bridgehead atoms. The highest BCUT2D eigenvalue weighted by molar-refractivity contribution is 9.10. The van der Waals surface area contributed by atoms with Gasteiger partial charge in [-0.1, -0.05) is 18.1 Å². The molecule has 0 spiro atoms. The molecule has 15 heavy (non-hydrogen) atoms. The summed E-state index contributed by atoms with van der Waals surface area (Å²) in [6, 6.07) is 7.03. The summed E-state index contributed by atoms with van der Waals surface area (Å²) in [6.07, 6.45) is 6.27. The fourth-order valence-corrected chi connectivity index (χ4v) is 2.56. The minimum absolute atomic E-state index is 0.0292. The first kappa shape index (κ1) is 12.1. The van der Waals surface area contributed by atoms with Crippen molar-refractivity contribution in [3.63, 3.8) is 0 Å². The first-order chi connectivity index (χ1) is 6.96. The summed E-state index contributed by atoms with van der Waals surface area (Å²) in [6.45, 7) is 0.0292. The SMILES string of the molecule is C#CCN(c1ccccc1Br)S(C)(=O)=O. The highest BCUT2D eigenvalue weighted by atomic mass is 79.9. The Morgan fingerprint density at radius 1 is 1.47 bits per heavy atom. The van der Waals surface area contributed by atoms with Crippen LogP contribution in [0.5, 0.6) is 0 Å². The van der Waals surface area contributed by atoms with Gasteiger partial charge in [-0.3, -0.25) is 4.31 Å². The van der Waals surface area contributed by atoms with Gasteiger partial charge in [-0.05, 0) is 28.1 Å². The zero-order chi connectivity index (χ0) is 11.5. The molecule has 0 atom stereocenters. The van der Waals surface area contributed by atoms with Gasteiger partial charge in [0.25, 0.3) is 0 Å². The summed E-state index contributed by atoms with van der Waals surface area (Å²) in [5.74, 6) is 2.33. The molecule has 0 saturated carbocycles. The average Bonchev–Trinajstić information content (AvgIpc) is 2.14. The summed E-state index contributed by atoms with van der Waals surface area (Å²) in [4.78, 5) is 0. The lowest BCUT2D eigenvalue weighted by atomic mass is 10.3. The molecule has 1 aromatic carbocycles. The van der Waals surface area contributed by atoms with E-state index in [1.807, 2.05) is 6.07 Å². The Morgan fingerprint density at radius 2 is 2.07 bits per heavy atom. The van der Waals surface area contributed by atoms with Crippen LogP contribution in [-0.4, -0.2) is 21.2 Å². The summed E-state index contributed by atoms with van der Waals surface area (Å²) >= 11 is 3.28. The van der Waals surface area contributed by atoms with Gasteiger partial charge in [0.1, 0.15) is 0 Å². The minimum atomic E-state index is -3.34. The smallest absolute Gasteiger partial charge is 0.233 e. The second kappa shape index (κ2) is 4.69. The van der Waals surface area contributed by atoms with Gasteiger partial charge in [0, 0.05) is 4.47 Å². The van der Waals surface area contributed by atoms with E-state index >= 15 is 0 Å². The average molecular weight is 288 g/mol. The van der Waals surface area contributed by atoms with Crippen molar-refractivity contribution in [3.8, 4) is 12.3 Å². The third-order valence-electron chi connectivity index (χ3n) is 1.76. The number of rotatable bonds is 3. The third-order valence-corrected chi connectivity index (χ3v) is 3.55. The number of hydrogen-bond donors (Lipinski definition) is 0. The highest BCUT2D eigenvalue weighted by Crippen LogP contribution is 2.27. The molecule has 0 N–H and O–H groups in total. The van der Waals surface area contributed by atoms with Gasteiger partial charge in [0.15, 0.2) is 0 Å². The van der Waals surface area contributed by atoms with Crippen LogP contribution in [0.2, 0.25) is 0 Å². The first-order valence-corrected chi connectivity index (χ1v) is 6.76. The van der Waals surface area contributed by atoms with Crippen molar-refractivity contribution in [2.24, 2.45) is 0 Å². The summed E-state index contributed by atoms with van der Waals surface area (Å²) in [5.41, 5.74) is 0.554. The van der Waals surface area contributed by atoms with Crippen molar-refractivity contribution in [2.75, 3.05) is 17.1 Å². The zero-order valence-corrected chi connectivity index (χ0v) is 10.5. The standard InChI is InChI=1S/C10H10BrNO2S/c1-3-8-12(15(2,13)14)10-7-5-4-6-9(10)11/h1,4-7H,8H2,2H3. The molecular formula is C10H10BrNO2S. The van der Waals surface area contributed by atoms with Crippen molar-refractivity contribution in [1.29, 1.82) is 0 Å². The largest absolute Gasteiger partial charge is 0.257 e. The maximum Gasteiger partial charge on any atom is 0.233 e. The van der Waals surface area contributed by atoms with Gasteiger partial charge in [0.05, 0.1) is 18.5 Å². The Morgan fingerprint density at radius 3 is 2.53 bits per heavy atom. The third kappa shape index (κ3) is 2.98. The summed E-state index contributed by atoms with van der Waals surface area (Å²) < 4.78 is 24.8. The molecule has 1 rings (SSSR count). The topological polar surface area (TPSA) is 37.4 Å². The number of benzene rings is 1. The number of halogens is 1. The molecule has 80 valence electrons. The Kier molecular flexibility index (Phi) is 3.77. The molecular weight excluding hydrogens is 278 g/mol. The van der Waals surface area contributed by atoms with E-state index in [4.69, 9.17) is 6.42 Å². The number of nitrogens with zero attached hydrogens (tertiary/aromatic N) is 1. The molecule has 0 saturated heterocycles. The van der Waals surface area contributed by atoms with Gasteiger partial charge in [-0.25, -0.2) is 8.42 Å². The lowest BCUT2D eigenvalue weighted by Gasteiger charge is -2.20. The van der Waals surface area contributed by atoms with Crippen LogP contribution in [0.15, 0.2) is 28.7 Å². The highest BCUT2D eigenvalue weighted by Gasteiger charge is 2.17. The number of anilines is 1. The molecule has 5 heteroatoms. The van der Waals surface area contributed by atoms with Crippen molar-refractivity contribution >= 4 is 31.6 Å². The van der Waals surface area contributed by atoms with Gasteiger partial charge in [-0.15, -0.1) is 6.42 Å². The summed E-state index contributed by atoms with van der Waals surface area (Å²) in [7, 11) is -3.34. The van der Waals surface area contributed by atoms with Crippen LogP contribution in [0.4, 0.5) is 5.69 Å². The van der Waals surface area contributed by atoms with Crippen LogP contribution in [0.25, 0.3) is 0 Å². The van der Waals surface area contributed by atoms with Crippen molar-refractivity contribution in [2.45, 2.75) is 0 Å². The van der Waals surface area contributed by atoms with Crippen molar-refractivity contribution < 1.29 is 8.42 Å². The number of hydrogen-bond acceptors (Lipinski definition) is 2. The van der Waals surface area contributed by atoms with Crippen LogP contribution in [0.3, 0.4) is 0 Å². The quantitative estimate of drug-likeness (QED) is 0.796. The molecule has 0 radical (unpaired) electrons. The molecule has 0 unspecified atom stereocenters. The van der Waals surface area contributed by atoms with Crippen LogP contribution in [-0.2, 0) is 10.0 Å². The van der Waals surface area contributed by atoms with E-state index in [2.05, 4.69) is 21.9 Å². The second-order valence-corrected chi connectivity index (χ2v) is 5.69. The van der Waals surface area contributed by atoms with E-state index in [-0.39, 0.29) is 6.54 Å². The molecule has 0 aliphatic carbocycles. The van der Waals surface area contributed by atoms with E-state index in [0.717, 1.165) is 6.26 Å². The number of sulfonamides is 1. The van der Waals surface area contributed by atoms with Crippen LogP contribution >= 0.6 is 15.9 Å².